The second-order valence-electron chi connectivity index (χ2n) is 7.40. The van der Waals surface area contributed by atoms with E-state index in [1.54, 1.807) is 0 Å². The van der Waals surface area contributed by atoms with Gasteiger partial charge in [0.1, 0.15) is 0 Å². The average molecular weight is 409 g/mol. The van der Waals surface area contributed by atoms with E-state index in [0.29, 0.717) is 6.04 Å². The van der Waals surface area contributed by atoms with Crippen molar-refractivity contribution in [2.75, 3.05) is 53.0 Å². The largest absolute Gasteiger partial charge is 0.379 e. The zero-order chi connectivity index (χ0) is 19.6. The van der Waals surface area contributed by atoms with Crippen LogP contribution in [0.2, 0.25) is 5.02 Å². The molecule has 2 atom stereocenters. The Kier molecular flexibility index (Phi) is 8.86. The summed E-state index contributed by atoms with van der Waals surface area (Å²) in [6, 6.07) is 8.50. The molecule has 156 valence electrons. The molecular weight excluding hydrogens is 376 g/mol. The van der Waals surface area contributed by atoms with Gasteiger partial charge in [-0.05, 0) is 56.5 Å². The molecule has 2 saturated heterocycles. The Morgan fingerprint density at radius 2 is 2.21 bits per heavy atom. The molecule has 28 heavy (non-hydrogen) atoms. The molecule has 0 amide bonds. The molecule has 0 spiro atoms. The van der Waals surface area contributed by atoms with Crippen molar-refractivity contribution < 1.29 is 9.47 Å². The van der Waals surface area contributed by atoms with Gasteiger partial charge < -0.3 is 20.1 Å². The summed E-state index contributed by atoms with van der Waals surface area (Å²) in [4.78, 5) is 6.89. The minimum absolute atomic E-state index is 0.274. The number of hydrogen-bond donors (Lipinski definition) is 2. The third-order valence-corrected chi connectivity index (χ3v) is 5.59. The van der Waals surface area contributed by atoms with Crippen molar-refractivity contribution in [1.29, 1.82) is 0 Å². The van der Waals surface area contributed by atoms with Gasteiger partial charge in [0.25, 0.3) is 0 Å². The van der Waals surface area contributed by atoms with Gasteiger partial charge in [0.2, 0.25) is 0 Å². The van der Waals surface area contributed by atoms with Crippen molar-refractivity contribution in [1.82, 2.24) is 15.5 Å². The monoisotopic (exact) mass is 408 g/mol. The summed E-state index contributed by atoms with van der Waals surface area (Å²) in [5.74, 6) is 0.829. The van der Waals surface area contributed by atoms with Gasteiger partial charge in [0.05, 0.1) is 18.8 Å². The predicted molar refractivity (Wildman–Crippen MR) is 114 cm³/mol. The Labute approximate surface area is 173 Å². The molecule has 2 fully saturated rings. The maximum Gasteiger partial charge on any atom is 0.191 e. The lowest BCUT2D eigenvalue weighted by Gasteiger charge is -2.29. The van der Waals surface area contributed by atoms with Crippen LogP contribution in [-0.4, -0.2) is 70.0 Å². The highest BCUT2D eigenvalue weighted by molar-refractivity contribution is 6.30. The highest BCUT2D eigenvalue weighted by Crippen LogP contribution is 2.26. The lowest BCUT2D eigenvalue weighted by molar-refractivity contribution is 0.0420. The minimum atomic E-state index is 0.274. The van der Waals surface area contributed by atoms with E-state index < -0.39 is 0 Å². The topological polar surface area (TPSA) is 58.1 Å². The van der Waals surface area contributed by atoms with E-state index in [1.165, 1.54) is 18.4 Å². The van der Waals surface area contributed by atoms with Gasteiger partial charge >= 0.3 is 0 Å². The van der Waals surface area contributed by atoms with E-state index in [1.807, 2.05) is 19.2 Å². The average Bonchev–Trinajstić information content (AvgIpc) is 3.41. The third kappa shape index (κ3) is 6.62. The summed E-state index contributed by atoms with van der Waals surface area (Å²) in [6.45, 7) is 6.20. The molecule has 0 bridgehead atoms. The number of rotatable bonds is 9. The van der Waals surface area contributed by atoms with Crippen LogP contribution in [0.3, 0.4) is 0 Å². The quantitative estimate of drug-likeness (QED) is 0.374. The number of benzene rings is 1. The fraction of sp³-hybridized carbons (Fsp3) is 0.667. The van der Waals surface area contributed by atoms with Crippen LogP contribution in [0.25, 0.3) is 0 Å². The predicted octanol–water partition coefficient (Wildman–Crippen LogP) is 2.84. The normalized spacial score (nSPS) is 21.8. The van der Waals surface area contributed by atoms with Gasteiger partial charge in [-0.3, -0.25) is 9.89 Å². The van der Waals surface area contributed by atoms with Gasteiger partial charge in [-0.1, -0.05) is 23.7 Å². The maximum atomic E-state index is 6.24. The number of aliphatic imine (C=N–C) groups is 1. The van der Waals surface area contributed by atoms with Gasteiger partial charge in [0, 0.05) is 38.4 Å². The van der Waals surface area contributed by atoms with Crippen molar-refractivity contribution in [2.24, 2.45) is 4.99 Å². The summed E-state index contributed by atoms with van der Waals surface area (Å²) < 4.78 is 11.1. The molecule has 3 rings (SSSR count). The smallest absolute Gasteiger partial charge is 0.191 e. The first-order chi connectivity index (χ1) is 13.8. The number of nitrogens with one attached hydrogen (secondary N) is 2. The van der Waals surface area contributed by atoms with Gasteiger partial charge in [-0.25, -0.2) is 0 Å². The first-order valence-corrected chi connectivity index (χ1v) is 10.8. The molecule has 0 aliphatic carbocycles. The van der Waals surface area contributed by atoms with Crippen molar-refractivity contribution in [3.8, 4) is 0 Å². The molecule has 1 aromatic carbocycles. The van der Waals surface area contributed by atoms with Crippen molar-refractivity contribution in [3.63, 3.8) is 0 Å². The maximum absolute atomic E-state index is 6.24. The number of halogens is 1. The Bertz CT molecular complexity index is 616. The van der Waals surface area contributed by atoms with E-state index in [0.717, 1.165) is 69.8 Å². The highest BCUT2D eigenvalue weighted by atomic mass is 35.5. The van der Waals surface area contributed by atoms with Gasteiger partial charge in [0.15, 0.2) is 5.96 Å². The number of likely N-dealkylation sites (tertiary alicyclic amines) is 1. The molecule has 2 unspecified atom stereocenters. The fourth-order valence-corrected chi connectivity index (χ4v) is 4.01. The molecule has 7 heteroatoms. The van der Waals surface area contributed by atoms with Crippen molar-refractivity contribution >= 4 is 17.6 Å². The molecule has 2 aliphatic rings. The van der Waals surface area contributed by atoms with Gasteiger partial charge in [-0.15, -0.1) is 0 Å². The Morgan fingerprint density at radius 3 is 2.93 bits per heavy atom. The van der Waals surface area contributed by atoms with Crippen LogP contribution in [0.4, 0.5) is 0 Å². The molecule has 0 saturated carbocycles. The second-order valence-corrected chi connectivity index (χ2v) is 7.84. The third-order valence-electron chi connectivity index (χ3n) is 5.36. The van der Waals surface area contributed by atoms with Crippen molar-refractivity contribution in [3.05, 3.63) is 34.9 Å². The van der Waals surface area contributed by atoms with Crippen LogP contribution in [0, 0.1) is 0 Å². The number of hydrogen-bond acceptors (Lipinski definition) is 4. The summed E-state index contributed by atoms with van der Waals surface area (Å²) >= 11 is 6.24. The van der Waals surface area contributed by atoms with Crippen LogP contribution in [0.5, 0.6) is 0 Å². The highest BCUT2D eigenvalue weighted by Gasteiger charge is 2.24. The molecule has 2 aliphatic heterocycles. The number of guanidine groups is 1. The van der Waals surface area contributed by atoms with E-state index in [9.17, 15) is 0 Å². The minimum Gasteiger partial charge on any atom is -0.379 e. The van der Waals surface area contributed by atoms with Crippen LogP contribution < -0.4 is 10.6 Å². The van der Waals surface area contributed by atoms with E-state index >= 15 is 0 Å². The molecule has 1 aromatic rings. The molecule has 6 nitrogen and oxygen atoms in total. The Morgan fingerprint density at radius 1 is 1.36 bits per heavy atom. The number of ether oxygens (including phenoxy) is 2. The first kappa shape index (κ1) is 21.4. The molecule has 2 N–H and O–H groups in total. The molecular formula is C21H33ClN4O2. The summed E-state index contributed by atoms with van der Waals surface area (Å²) in [7, 11) is 1.81. The second kappa shape index (κ2) is 11.6. The number of nitrogens with zero attached hydrogens (tertiary/aromatic N) is 2. The molecule has 0 aromatic heterocycles. The summed E-state index contributed by atoms with van der Waals surface area (Å²) in [5.41, 5.74) is 1.25. The summed E-state index contributed by atoms with van der Waals surface area (Å²) in [5, 5.41) is 7.67. The Hall–Kier alpha value is -1.34. The van der Waals surface area contributed by atoms with Crippen LogP contribution in [-0.2, 0) is 9.47 Å². The van der Waals surface area contributed by atoms with Crippen LogP contribution in [0.15, 0.2) is 29.3 Å². The summed E-state index contributed by atoms with van der Waals surface area (Å²) in [6.07, 6.45) is 4.75. The zero-order valence-corrected chi connectivity index (χ0v) is 17.6. The molecule has 2 heterocycles. The zero-order valence-electron chi connectivity index (χ0n) is 16.8. The fourth-order valence-electron chi connectivity index (χ4n) is 3.81. The standard InChI is InChI=1S/C21H33ClN4O2/c1-23-21(24-9-5-12-28-19-8-13-27-16-19)25-15-20(26-10-2-3-11-26)17-6-4-7-18(22)14-17/h4,6-7,14,19-20H,2-3,5,8-13,15-16H2,1H3,(H2,23,24,25). The van der Waals surface area contributed by atoms with Crippen LogP contribution in [0.1, 0.15) is 37.3 Å². The first-order valence-electron chi connectivity index (χ1n) is 10.4. The SMILES string of the molecule is CN=C(NCCCOC1CCOC1)NCC(c1cccc(Cl)c1)N1CCCC1. The Balaban J connectivity index is 1.44. The van der Waals surface area contributed by atoms with E-state index in [2.05, 4.69) is 32.7 Å². The van der Waals surface area contributed by atoms with Gasteiger partial charge in [-0.2, -0.15) is 0 Å². The van der Waals surface area contributed by atoms with E-state index in [4.69, 9.17) is 21.1 Å². The van der Waals surface area contributed by atoms with Crippen LogP contribution >= 0.6 is 11.6 Å². The van der Waals surface area contributed by atoms with Crippen molar-refractivity contribution in [2.45, 2.75) is 37.8 Å². The van der Waals surface area contributed by atoms with E-state index in [-0.39, 0.29) is 6.10 Å². The molecule has 0 radical (unpaired) electrons. The lowest BCUT2D eigenvalue weighted by Crippen LogP contribution is -2.43. The lowest BCUT2D eigenvalue weighted by atomic mass is 10.1.